The number of carbonyl (C=O) groups is 1. The van der Waals surface area contributed by atoms with Crippen LogP contribution in [0.25, 0.3) is 0 Å². The van der Waals surface area contributed by atoms with Crippen molar-refractivity contribution in [1.29, 1.82) is 0 Å². The molecule has 0 aromatic rings. The van der Waals surface area contributed by atoms with E-state index in [-0.39, 0.29) is 12.8 Å². The predicted octanol–water partition coefficient (Wildman–Crippen LogP) is 4.49. The summed E-state index contributed by atoms with van der Waals surface area (Å²) in [5.41, 5.74) is 0. The SMILES string of the molecule is CC/C=C\CC/C=C/C=C\C=C\C=C\[C@@H](O)[C@@H](O)C/C=C\CCC(=O)O. The number of unbranched alkanes of at least 4 members (excludes halogenated alkanes) is 1. The molecule has 0 aliphatic rings. The molecule has 0 saturated carbocycles. The van der Waals surface area contributed by atoms with E-state index in [0.717, 1.165) is 19.3 Å². The minimum atomic E-state index is -0.955. The van der Waals surface area contributed by atoms with Crippen LogP contribution in [-0.4, -0.2) is 33.5 Å². The van der Waals surface area contributed by atoms with Crippen LogP contribution < -0.4 is 0 Å². The van der Waals surface area contributed by atoms with Crippen molar-refractivity contribution in [1.82, 2.24) is 0 Å². The Morgan fingerprint density at radius 3 is 2.12 bits per heavy atom. The molecule has 0 aromatic heterocycles. The molecule has 0 aromatic carbocycles. The lowest BCUT2D eigenvalue weighted by molar-refractivity contribution is -0.136. The van der Waals surface area contributed by atoms with Gasteiger partial charge in [0.1, 0.15) is 0 Å². The maximum atomic E-state index is 10.3. The van der Waals surface area contributed by atoms with Gasteiger partial charge < -0.3 is 15.3 Å². The van der Waals surface area contributed by atoms with Crippen molar-refractivity contribution in [2.75, 3.05) is 0 Å². The normalized spacial score (nSPS) is 15.5. The Balaban J connectivity index is 3.94. The summed E-state index contributed by atoms with van der Waals surface area (Å²) in [6.07, 6.45) is 24.6. The maximum Gasteiger partial charge on any atom is 0.303 e. The van der Waals surface area contributed by atoms with Gasteiger partial charge in [0.15, 0.2) is 0 Å². The van der Waals surface area contributed by atoms with Crippen LogP contribution in [0.5, 0.6) is 0 Å². The highest BCUT2D eigenvalue weighted by atomic mass is 16.4. The fourth-order valence-electron chi connectivity index (χ4n) is 1.91. The molecule has 0 unspecified atom stereocenters. The molecule has 0 spiro atoms. The van der Waals surface area contributed by atoms with Crippen molar-refractivity contribution in [3.05, 3.63) is 72.9 Å². The van der Waals surface area contributed by atoms with Crippen LogP contribution in [-0.2, 0) is 4.79 Å². The van der Waals surface area contributed by atoms with E-state index in [4.69, 9.17) is 5.11 Å². The lowest BCUT2D eigenvalue weighted by Gasteiger charge is -2.11. The second-order valence-electron chi connectivity index (χ2n) is 5.74. The van der Waals surface area contributed by atoms with E-state index in [1.54, 1.807) is 24.3 Å². The molecule has 0 heterocycles. The number of hydrogen-bond donors (Lipinski definition) is 3. The van der Waals surface area contributed by atoms with Gasteiger partial charge in [0, 0.05) is 6.42 Å². The molecule has 3 N–H and O–H groups in total. The van der Waals surface area contributed by atoms with Gasteiger partial charge in [-0.15, -0.1) is 0 Å². The number of carboxylic acids is 1. The van der Waals surface area contributed by atoms with Crippen LogP contribution >= 0.6 is 0 Å². The Morgan fingerprint density at radius 2 is 1.42 bits per heavy atom. The first kappa shape index (κ1) is 23.8. The molecular weight excluding hydrogens is 328 g/mol. The Hall–Kier alpha value is -2.17. The fourth-order valence-corrected chi connectivity index (χ4v) is 1.91. The molecule has 0 bridgehead atoms. The van der Waals surface area contributed by atoms with Gasteiger partial charge in [-0.3, -0.25) is 4.79 Å². The summed E-state index contributed by atoms with van der Waals surface area (Å²) in [5, 5.41) is 28.1. The third-order valence-corrected chi connectivity index (χ3v) is 3.37. The number of aliphatic hydroxyl groups is 2. The van der Waals surface area contributed by atoms with E-state index in [0.29, 0.717) is 6.42 Å². The van der Waals surface area contributed by atoms with Crippen LogP contribution in [0.4, 0.5) is 0 Å². The number of aliphatic hydroxyl groups excluding tert-OH is 2. The monoisotopic (exact) mass is 360 g/mol. The van der Waals surface area contributed by atoms with Gasteiger partial charge in [-0.2, -0.15) is 0 Å². The number of aliphatic carboxylic acids is 1. The highest BCUT2D eigenvalue weighted by Crippen LogP contribution is 2.03. The Labute approximate surface area is 157 Å². The summed E-state index contributed by atoms with van der Waals surface area (Å²) in [5.74, 6) is -0.848. The standard InChI is InChI=1S/C22H32O4/c1-2-3-4-5-6-7-8-9-10-11-12-14-17-20(23)21(24)18-15-13-16-19-22(25)26/h3-4,7-15,17,20-21,23-24H,2,5-6,16,18-19H2,1H3,(H,25,26)/b4-3-,8-7+,10-9-,12-11+,15-13-,17-14+/t20-,21+/m1/s1. The average molecular weight is 360 g/mol. The zero-order valence-corrected chi connectivity index (χ0v) is 15.6. The first-order valence-electron chi connectivity index (χ1n) is 9.12. The minimum Gasteiger partial charge on any atom is -0.481 e. The van der Waals surface area contributed by atoms with Crippen molar-refractivity contribution in [3.63, 3.8) is 0 Å². The number of rotatable bonds is 14. The first-order valence-corrected chi connectivity index (χ1v) is 9.12. The van der Waals surface area contributed by atoms with Crippen molar-refractivity contribution in [2.45, 2.75) is 57.7 Å². The van der Waals surface area contributed by atoms with Crippen molar-refractivity contribution in [2.24, 2.45) is 0 Å². The summed E-state index contributed by atoms with van der Waals surface area (Å²) in [7, 11) is 0. The van der Waals surface area contributed by atoms with Gasteiger partial charge in [0.05, 0.1) is 12.2 Å². The minimum absolute atomic E-state index is 0.0679. The van der Waals surface area contributed by atoms with E-state index in [1.165, 1.54) is 6.08 Å². The van der Waals surface area contributed by atoms with Gasteiger partial charge in [-0.1, -0.05) is 79.8 Å². The highest BCUT2D eigenvalue weighted by Gasteiger charge is 2.10. The molecule has 144 valence electrons. The number of hydrogen-bond acceptors (Lipinski definition) is 3. The smallest absolute Gasteiger partial charge is 0.303 e. The summed E-state index contributed by atoms with van der Waals surface area (Å²) >= 11 is 0. The fraction of sp³-hybridized carbons (Fsp3) is 0.409. The molecule has 26 heavy (non-hydrogen) atoms. The topological polar surface area (TPSA) is 77.8 Å². The second-order valence-corrected chi connectivity index (χ2v) is 5.74. The van der Waals surface area contributed by atoms with Crippen LogP contribution in [0.3, 0.4) is 0 Å². The molecule has 0 saturated heterocycles. The van der Waals surface area contributed by atoms with E-state index < -0.39 is 18.2 Å². The summed E-state index contributed by atoms with van der Waals surface area (Å²) < 4.78 is 0. The molecule has 0 radical (unpaired) electrons. The largest absolute Gasteiger partial charge is 0.481 e. The lowest BCUT2D eigenvalue weighted by atomic mass is 10.1. The molecule has 0 rings (SSSR count). The van der Waals surface area contributed by atoms with Gasteiger partial charge >= 0.3 is 5.97 Å². The quantitative estimate of drug-likeness (QED) is 0.242. The third-order valence-electron chi connectivity index (χ3n) is 3.37. The molecule has 0 fully saturated rings. The molecule has 0 aliphatic heterocycles. The highest BCUT2D eigenvalue weighted by molar-refractivity contribution is 5.66. The number of allylic oxidation sites excluding steroid dienone is 10. The Morgan fingerprint density at radius 1 is 0.808 bits per heavy atom. The molecule has 0 amide bonds. The third kappa shape index (κ3) is 16.7. The van der Waals surface area contributed by atoms with Crippen LogP contribution in [0.1, 0.15) is 45.4 Å². The molecule has 2 atom stereocenters. The zero-order valence-electron chi connectivity index (χ0n) is 15.6. The molecule has 0 aliphatic carbocycles. The zero-order chi connectivity index (χ0) is 19.5. The molecular formula is C22H32O4. The van der Waals surface area contributed by atoms with E-state index in [1.807, 2.05) is 24.3 Å². The van der Waals surface area contributed by atoms with Crippen molar-refractivity contribution >= 4 is 5.97 Å². The second kappa shape index (κ2) is 17.6. The van der Waals surface area contributed by atoms with Crippen molar-refractivity contribution < 1.29 is 20.1 Å². The summed E-state index contributed by atoms with van der Waals surface area (Å²) in [6.45, 7) is 2.12. The number of carboxylic acid groups (broad SMARTS) is 1. The van der Waals surface area contributed by atoms with E-state index in [2.05, 4.69) is 25.2 Å². The van der Waals surface area contributed by atoms with Gasteiger partial charge in [-0.05, 0) is 32.1 Å². The predicted molar refractivity (Wildman–Crippen MR) is 108 cm³/mol. The average Bonchev–Trinajstić information content (AvgIpc) is 2.61. The van der Waals surface area contributed by atoms with Crippen LogP contribution in [0, 0.1) is 0 Å². The Kier molecular flexibility index (Phi) is 16.2. The molecule has 4 nitrogen and oxygen atoms in total. The van der Waals surface area contributed by atoms with E-state index in [9.17, 15) is 15.0 Å². The lowest BCUT2D eigenvalue weighted by Crippen LogP contribution is -2.22. The van der Waals surface area contributed by atoms with Crippen LogP contribution in [0.2, 0.25) is 0 Å². The van der Waals surface area contributed by atoms with Gasteiger partial charge in [0.2, 0.25) is 0 Å². The maximum absolute atomic E-state index is 10.3. The summed E-state index contributed by atoms with van der Waals surface area (Å²) in [4.78, 5) is 10.3. The van der Waals surface area contributed by atoms with Crippen molar-refractivity contribution in [3.8, 4) is 0 Å². The molecule has 4 heteroatoms. The van der Waals surface area contributed by atoms with Gasteiger partial charge in [-0.25, -0.2) is 0 Å². The first-order chi connectivity index (χ1) is 12.6. The van der Waals surface area contributed by atoms with Gasteiger partial charge in [0.25, 0.3) is 0 Å². The van der Waals surface area contributed by atoms with E-state index >= 15 is 0 Å². The Bertz CT molecular complexity index is 524. The summed E-state index contributed by atoms with van der Waals surface area (Å²) in [6, 6.07) is 0. The van der Waals surface area contributed by atoms with Crippen LogP contribution in [0.15, 0.2) is 72.9 Å².